The Balaban J connectivity index is 2.68. The minimum absolute atomic E-state index is 0.119. The summed E-state index contributed by atoms with van der Waals surface area (Å²) in [6.45, 7) is 2.11. The van der Waals surface area contributed by atoms with E-state index in [0.717, 1.165) is 0 Å². The van der Waals surface area contributed by atoms with Crippen molar-refractivity contribution in [2.24, 2.45) is 0 Å². The number of hydrogen-bond donors (Lipinski definition) is 1. The van der Waals surface area contributed by atoms with Gasteiger partial charge in [-0.15, -0.1) is 0 Å². The highest BCUT2D eigenvalue weighted by molar-refractivity contribution is 6.31. The smallest absolute Gasteiger partial charge is 0.311 e. The van der Waals surface area contributed by atoms with Gasteiger partial charge in [-0.3, -0.25) is 4.79 Å². The van der Waals surface area contributed by atoms with Crippen molar-refractivity contribution in [3.8, 4) is 0 Å². The van der Waals surface area contributed by atoms with Crippen molar-refractivity contribution >= 4 is 23.3 Å². The molecule has 1 rings (SSSR count). The molecule has 0 saturated carbocycles. The van der Waals surface area contributed by atoms with Crippen molar-refractivity contribution in [2.75, 3.05) is 12.3 Å². The molecular weight excluding hydrogens is 204 g/mol. The molecule has 4 nitrogen and oxygen atoms in total. The summed E-state index contributed by atoms with van der Waals surface area (Å²) in [4.78, 5) is 15.0. The molecule has 2 N–H and O–H groups in total. The van der Waals surface area contributed by atoms with Crippen molar-refractivity contribution in [3.63, 3.8) is 0 Å². The Kier molecular flexibility index (Phi) is 3.71. The van der Waals surface area contributed by atoms with Gasteiger partial charge in [0.1, 0.15) is 0 Å². The molecule has 0 radical (unpaired) electrons. The number of carbonyl (C=O) groups is 1. The summed E-state index contributed by atoms with van der Waals surface area (Å²) in [6.07, 6.45) is 0.119. The highest BCUT2D eigenvalue weighted by atomic mass is 35.5. The van der Waals surface area contributed by atoms with E-state index in [9.17, 15) is 4.79 Å². The number of nitrogens with two attached hydrogens (primary N) is 1. The highest BCUT2D eigenvalue weighted by Gasteiger charge is 2.06. The Hall–Kier alpha value is -1.29. The molecule has 76 valence electrons. The number of aromatic nitrogens is 1. The lowest BCUT2D eigenvalue weighted by molar-refractivity contribution is -0.142. The van der Waals surface area contributed by atoms with Crippen LogP contribution in [0.4, 0.5) is 5.69 Å². The number of halogens is 1. The fourth-order valence-electron chi connectivity index (χ4n) is 0.941. The van der Waals surface area contributed by atoms with E-state index in [1.54, 1.807) is 19.1 Å². The van der Waals surface area contributed by atoms with Gasteiger partial charge in [0.15, 0.2) is 5.15 Å². The minimum atomic E-state index is -0.319. The number of carbonyl (C=O) groups excluding carboxylic acids is 1. The normalized spacial score (nSPS) is 9.86. The van der Waals surface area contributed by atoms with E-state index in [0.29, 0.717) is 18.0 Å². The SMILES string of the molecule is CCOC(=O)Cc1ccc(N)c(Cl)n1. The lowest BCUT2D eigenvalue weighted by atomic mass is 10.2. The second-order valence-corrected chi connectivity index (χ2v) is 3.02. The van der Waals surface area contributed by atoms with Crippen molar-refractivity contribution < 1.29 is 9.53 Å². The molecule has 0 fully saturated rings. The molecule has 0 aliphatic rings. The minimum Gasteiger partial charge on any atom is -0.466 e. The molecule has 0 amide bonds. The summed E-state index contributed by atoms with van der Waals surface area (Å²) in [5.41, 5.74) is 6.43. The highest BCUT2D eigenvalue weighted by Crippen LogP contribution is 2.15. The first-order valence-corrected chi connectivity index (χ1v) is 4.57. The number of esters is 1. The van der Waals surface area contributed by atoms with Gasteiger partial charge >= 0.3 is 5.97 Å². The number of nitrogens with zero attached hydrogens (tertiary/aromatic N) is 1. The Morgan fingerprint density at radius 2 is 2.36 bits per heavy atom. The second-order valence-electron chi connectivity index (χ2n) is 2.66. The van der Waals surface area contributed by atoms with E-state index in [1.807, 2.05) is 0 Å². The molecule has 0 spiro atoms. The Labute approximate surface area is 87.0 Å². The number of hydrogen-bond acceptors (Lipinski definition) is 4. The lowest BCUT2D eigenvalue weighted by Crippen LogP contribution is -2.09. The molecular formula is C9H11ClN2O2. The van der Waals surface area contributed by atoms with E-state index in [1.165, 1.54) is 0 Å². The van der Waals surface area contributed by atoms with Crippen LogP contribution in [0.15, 0.2) is 12.1 Å². The monoisotopic (exact) mass is 214 g/mol. The molecule has 0 aromatic carbocycles. The third kappa shape index (κ3) is 2.88. The molecule has 5 heteroatoms. The first-order valence-electron chi connectivity index (χ1n) is 4.20. The fourth-order valence-corrected chi connectivity index (χ4v) is 1.11. The molecule has 0 aliphatic carbocycles. The van der Waals surface area contributed by atoms with Gasteiger partial charge in [-0.2, -0.15) is 0 Å². The predicted octanol–water partition coefficient (Wildman–Crippen LogP) is 1.42. The predicted molar refractivity (Wildman–Crippen MR) is 54.0 cm³/mol. The zero-order chi connectivity index (χ0) is 10.6. The van der Waals surface area contributed by atoms with Gasteiger partial charge in [-0.25, -0.2) is 4.98 Å². The summed E-state index contributed by atoms with van der Waals surface area (Å²) >= 11 is 5.69. The van der Waals surface area contributed by atoms with Gasteiger partial charge in [0.25, 0.3) is 0 Å². The van der Waals surface area contributed by atoms with Crippen molar-refractivity contribution in [2.45, 2.75) is 13.3 Å². The Bertz CT molecular complexity index is 342. The molecule has 0 saturated heterocycles. The largest absolute Gasteiger partial charge is 0.466 e. The van der Waals surface area contributed by atoms with Gasteiger partial charge in [0.2, 0.25) is 0 Å². The lowest BCUT2D eigenvalue weighted by Gasteiger charge is -2.02. The first kappa shape index (κ1) is 10.8. The van der Waals surface area contributed by atoms with Crippen molar-refractivity contribution in [1.82, 2.24) is 4.98 Å². The topological polar surface area (TPSA) is 65.2 Å². The molecule has 1 heterocycles. The molecule has 0 atom stereocenters. The van der Waals surface area contributed by atoms with E-state index in [2.05, 4.69) is 4.98 Å². The summed E-state index contributed by atoms with van der Waals surface area (Å²) in [5, 5.41) is 0.215. The van der Waals surface area contributed by atoms with E-state index < -0.39 is 0 Å². The van der Waals surface area contributed by atoms with E-state index >= 15 is 0 Å². The molecule has 0 aliphatic heterocycles. The molecule has 0 bridgehead atoms. The molecule has 1 aromatic rings. The van der Waals surface area contributed by atoms with Crippen LogP contribution in [0.3, 0.4) is 0 Å². The quantitative estimate of drug-likeness (QED) is 0.611. The van der Waals surface area contributed by atoms with Crippen LogP contribution in [-0.2, 0) is 16.0 Å². The zero-order valence-corrected chi connectivity index (χ0v) is 8.54. The third-order valence-electron chi connectivity index (χ3n) is 1.57. The summed E-state index contributed by atoms with van der Waals surface area (Å²) in [7, 11) is 0. The first-order chi connectivity index (χ1) is 6.63. The standard InChI is InChI=1S/C9H11ClN2O2/c1-2-14-8(13)5-6-3-4-7(11)9(10)12-6/h3-4H,2,5,11H2,1H3. The van der Waals surface area contributed by atoms with Crippen LogP contribution in [0, 0.1) is 0 Å². The molecule has 14 heavy (non-hydrogen) atoms. The van der Waals surface area contributed by atoms with Gasteiger partial charge in [-0.05, 0) is 19.1 Å². The maximum Gasteiger partial charge on any atom is 0.311 e. The number of pyridine rings is 1. The van der Waals surface area contributed by atoms with E-state index in [4.69, 9.17) is 22.1 Å². The number of nitrogen functional groups attached to an aromatic ring is 1. The van der Waals surface area contributed by atoms with Crippen molar-refractivity contribution in [3.05, 3.63) is 23.0 Å². The van der Waals surface area contributed by atoms with Crippen LogP contribution in [-0.4, -0.2) is 17.6 Å². The van der Waals surface area contributed by atoms with Crippen molar-refractivity contribution in [1.29, 1.82) is 0 Å². The number of ether oxygens (including phenoxy) is 1. The third-order valence-corrected chi connectivity index (χ3v) is 1.87. The Morgan fingerprint density at radius 1 is 1.64 bits per heavy atom. The second kappa shape index (κ2) is 4.81. The Morgan fingerprint density at radius 3 is 2.93 bits per heavy atom. The average molecular weight is 215 g/mol. The van der Waals surface area contributed by atoms with Crippen LogP contribution in [0.2, 0.25) is 5.15 Å². The molecule has 1 aromatic heterocycles. The summed E-state index contributed by atoms with van der Waals surface area (Å²) < 4.78 is 4.76. The van der Waals surface area contributed by atoms with Gasteiger partial charge < -0.3 is 10.5 Å². The van der Waals surface area contributed by atoms with Gasteiger partial charge in [0, 0.05) is 0 Å². The maximum atomic E-state index is 11.1. The number of rotatable bonds is 3. The van der Waals surface area contributed by atoms with Crippen LogP contribution in [0.5, 0.6) is 0 Å². The van der Waals surface area contributed by atoms with Crippen LogP contribution < -0.4 is 5.73 Å². The zero-order valence-electron chi connectivity index (χ0n) is 7.79. The van der Waals surface area contributed by atoms with Crippen LogP contribution in [0.1, 0.15) is 12.6 Å². The average Bonchev–Trinajstić information content (AvgIpc) is 2.12. The molecule has 0 unspecified atom stereocenters. The maximum absolute atomic E-state index is 11.1. The van der Waals surface area contributed by atoms with Crippen LogP contribution >= 0.6 is 11.6 Å². The van der Waals surface area contributed by atoms with Gasteiger partial charge in [0.05, 0.1) is 24.4 Å². The summed E-state index contributed by atoms with van der Waals surface area (Å²) in [6, 6.07) is 3.27. The summed E-state index contributed by atoms with van der Waals surface area (Å²) in [5.74, 6) is -0.319. The van der Waals surface area contributed by atoms with Gasteiger partial charge in [-0.1, -0.05) is 11.6 Å². The fraction of sp³-hybridized carbons (Fsp3) is 0.333. The number of anilines is 1. The van der Waals surface area contributed by atoms with E-state index in [-0.39, 0.29) is 17.5 Å². The van der Waals surface area contributed by atoms with Crippen LogP contribution in [0.25, 0.3) is 0 Å².